The quantitative estimate of drug-likeness (QED) is 0.652. The Morgan fingerprint density at radius 1 is 1.50 bits per heavy atom. The summed E-state index contributed by atoms with van der Waals surface area (Å²) in [5.74, 6) is -1.87. The van der Waals surface area contributed by atoms with Crippen molar-refractivity contribution in [2.45, 2.75) is 19.3 Å². The standard InChI is InChI=1S/C10H8F3N5O4/c11-10(12,13)8-1-6(16-22-8)2-14-9(19)5-17-4-7(3-15-17)18(20)21/h1,3-4H,2,5H2,(H,14,19). The summed E-state index contributed by atoms with van der Waals surface area (Å²) in [4.78, 5) is 21.3. The van der Waals surface area contributed by atoms with Gasteiger partial charge in [-0.25, -0.2) is 0 Å². The van der Waals surface area contributed by atoms with Gasteiger partial charge in [-0.05, 0) is 0 Å². The molecule has 0 saturated heterocycles. The number of hydrogen-bond acceptors (Lipinski definition) is 6. The van der Waals surface area contributed by atoms with Crippen molar-refractivity contribution in [1.82, 2.24) is 20.3 Å². The van der Waals surface area contributed by atoms with E-state index < -0.39 is 22.8 Å². The first-order chi connectivity index (χ1) is 10.3. The summed E-state index contributed by atoms with van der Waals surface area (Å²) in [5.41, 5.74) is -0.383. The lowest BCUT2D eigenvalue weighted by Crippen LogP contribution is -2.27. The van der Waals surface area contributed by atoms with Crippen LogP contribution in [-0.4, -0.2) is 25.8 Å². The van der Waals surface area contributed by atoms with E-state index in [9.17, 15) is 28.1 Å². The molecule has 0 aliphatic heterocycles. The van der Waals surface area contributed by atoms with Gasteiger partial charge in [0.1, 0.15) is 24.6 Å². The van der Waals surface area contributed by atoms with Crippen molar-refractivity contribution in [2.75, 3.05) is 0 Å². The third-order valence-electron chi connectivity index (χ3n) is 2.44. The molecule has 0 atom stereocenters. The lowest BCUT2D eigenvalue weighted by atomic mass is 10.3. The Balaban J connectivity index is 1.87. The first kappa shape index (κ1) is 15.5. The normalized spacial score (nSPS) is 11.4. The number of carbonyl (C=O) groups excluding carboxylic acids is 1. The van der Waals surface area contributed by atoms with Crippen LogP contribution in [0.1, 0.15) is 11.5 Å². The van der Waals surface area contributed by atoms with Crippen LogP contribution in [0.25, 0.3) is 0 Å². The highest BCUT2D eigenvalue weighted by atomic mass is 19.4. The van der Waals surface area contributed by atoms with E-state index in [1.807, 2.05) is 0 Å². The van der Waals surface area contributed by atoms with Crippen molar-refractivity contribution in [2.24, 2.45) is 0 Å². The Hall–Kier alpha value is -2.92. The fraction of sp³-hybridized carbons (Fsp3) is 0.300. The molecule has 118 valence electrons. The summed E-state index contributed by atoms with van der Waals surface area (Å²) in [6.07, 6.45) is -2.62. The van der Waals surface area contributed by atoms with Gasteiger partial charge >= 0.3 is 11.9 Å². The molecule has 0 aromatic carbocycles. The molecule has 22 heavy (non-hydrogen) atoms. The largest absolute Gasteiger partial charge is 0.452 e. The first-order valence-electron chi connectivity index (χ1n) is 5.72. The van der Waals surface area contributed by atoms with Crippen molar-refractivity contribution in [1.29, 1.82) is 0 Å². The number of halogens is 3. The van der Waals surface area contributed by atoms with Crippen molar-refractivity contribution >= 4 is 11.6 Å². The van der Waals surface area contributed by atoms with Crippen LogP contribution in [0, 0.1) is 10.1 Å². The molecule has 2 heterocycles. The topological polar surface area (TPSA) is 116 Å². The Morgan fingerprint density at radius 3 is 2.77 bits per heavy atom. The summed E-state index contributed by atoms with van der Waals surface area (Å²) in [6.45, 7) is -0.598. The number of nitrogens with zero attached hydrogens (tertiary/aromatic N) is 4. The maximum absolute atomic E-state index is 12.3. The van der Waals surface area contributed by atoms with E-state index >= 15 is 0 Å². The number of nitrogens with one attached hydrogen (secondary N) is 1. The molecule has 0 aliphatic rings. The molecule has 0 saturated carbocycles. The molecule has 9 nitrogen and oxygen atoms in total. The summed E-state index contributed by atoms with van der Waals surface area (Å²) < 4.78 is 41.9. The van der Waals surface area contributed by atoms with E-state index in [2.05, 4.69) is 20.1 Å². The van der Waals surface area contributed by atoms with Gasteiger partial charge in [-0.15, -0.1) is 0 Å². The minimum Gasteiger partial charge on any atom is -0.351 e. The van der Waals surface area contributed by atoms with Crippen LogP contribution in [0.4, 0.5) is 18.9 Å². The van der Waals surface area contributed by atoms with Crippen LogP contribution in [-0.2, 0) is 24.1 Å². The van der Waals surface area contributed by atoms with Crippen LogP contribution < -0.4 is 5.32 Å². The predicted molar refractivity (Wildman–Crippen MR) is 62.2 cm³/mol. The summed E-state index contributed by atoms with van der Waals surface area (Å²) in [6, 6.07) is 0.666. The number of amides is 1. The Labute approximate surface area is 119 Å². The minimum atomic E-state index is -4.65. The number of hydrogen-bond donors (Lipinski definition) is 1. The number of nitro groups is 1. The molecule has 0 bridgehead atoms. The van der Waals surface area contributed by atoms with Gasteiger partial charge in [0.25, 0.3) is 0 Å². The molecular weight excluding hydrogens is 311 g/mol. The molecule has 0 fully saturated rings. The first-order valence-corrected chi connectivity index (χ1v) is 5.72. The second-order valence-electron chi connectivity index (χ2n) is 4.11. The van der Waals surface area contributed by atoms with Gasteiger partial charge in [-0.3, -0.25) is 19.6 Å². The van der Waals surface area contributed by atoms with E-state index in [1.165, 1.54) is 0 Å². The molecule has 0 unspecified atom stereocenters. The van der Waals surface area contributed by atoms with Crippen LogP contribution in [0.5, 0.6) is 0 Å². The van der Waals surface area contributed by atoms with E-state index in [4.69, 9.17) is 0 Å². The zero-order valence-electron chi connectivity index (χ0n) is 10.7. The van der Waals surface area contributed by atoms with Gasteiger partial charge in [0, 0.05) is 6.07 Å². The molecule has 1 amide bonds. The number of alkyl halides is 3. The monoisotopic (exact) mass is 319 g/mol. The Kier molecular flexibility index (Phi) is 4.10. The van der Waals surface area contributed by atoms with Crippen molar-refractivity contribution in [3.8, 4) is 0 Å². The highest BCUT2D eigenvalue weighted by molar-refractivity contribution is 5.75. The number of rotatable bonds is 5. The second-order valence-corrected chi connectivity index (χ2v) is 4.11. The number of aromatic nitrogens is 3. The van der Waals surface area contributed by atoms with Crippen molar-refractivity contribution < 1.29 is 27.4 Å². The minimum absolute atomic E-state index is 0.105. The molecule has 2 aromatic heterocycles. The SMILES string of the molecule is O=C(Cn1cc([N+](=O)[O-])cn1)NCc1cc(C(F)(F)F)on1. The average Bonchev–Trinajstić information content (AvgIpc) is 3.04. The molecule has 2 rings (SSSR count). The zero-order chi connectivity index (χ0) is 16.3. The second kappa shape index (κ2) is 5.83. The maximum atomic E-state index is 12.3. The van der Waals surface area contributed by atoms with Gasteiger partial charge in [-0.1, -0.05) is 5.16 Å². The lowest BCUT2D eigenvalue weighted by Gasteiger charge is -2.02. The molecular formula is C10H8F3N5O4. The molecule has 1 N–H and O–H groups in total. The smallest absolute Gasteiger partial charge is 0.351 e. The van der Waals surface area contributed by atoms with Gasteiger partial charge < -0.3 is 9.84 Å². The summed E-state index contributed by atoms with van der Waals surface area (Å²) >= 11 is 0. The fourth-order valence-electron chi connectivity index (χ4n) is 1.45. The average molecular weight is 319 g/mol. The van der Waals surface area contributed by atoms with Crippen molar-refractivity contribution in [3.63, 3.8) is 0 Å². The van der Waals surface area contributed by atoms with Gasteiger partial charge in [0.05, 0.1) is 11.5 Å². The Bertz CT molecular complexity index is 693. The molecule has 2 aromatic rings. The van der Waals surface area contributed by atoms with Crippen LogP contribution >= 0.6 is 0 Å². The van der Waals surface area contributed by atoms with Crippen LogP contribution in [0.15, 0.2) is 23.0 Å². The molecule has 0 radical (unpaired) electrons. The van der Waals surface area contributed by atoms with Gasteiger partial charge in [0.2, 0.25) is 11.7 Å². The summed E-state index contributed by atoms with van der Waals surface area (Å²) in [7, 11) is 0. The highest BCUT2D eigenvalue weighted by Gasteiger charge is 2.36. The molecule has 0 spiro atoms. The van der Waals surface area contributed by atoms with E-state index in [0.717, 1.165) is 17.1 Å². The highest BCUT2D eigenvalue weighted by Crippen LogP contribution is 2.29. The third kappa shape index (κ3) is 3.80. The van der Waals surface area contributed by atoms with Gasteiger partial charge in [-0.2, -0.15) is 18.3 Å². The predicted octanol–water partition coefficient (Wildman–Crippen LogP) is 1.11. The van der Waals surface area contributed by atoms with E-state index in [-0.39, 0.29) is 24.5 Å². The molecule has 12 heteroatoms. The van der Waals surface area contributed by atoms with Crippen LogP contribution in [0.2, 0.25) is 0 Å². The lowest BCUT2D eigenvalue weighted by molar-refractivity contribution is -0.385. The van der Waals surface area contributed by atoms with E-state index in [0.29, 0.717) is 6.07 Å². The zero-order valence-corrected chi connectivity index (χ0v) is 10.7. The fourth-order valence-corrected chi connectivity index (χ4v) is 1.45. The van der Waals surface area contributed by atoms with Gasteiger partial charge in [0.15, 0.2) is 0 Å². The summed E-state index contributed by atoms with van der Waals surface area (Å²) in [5, 5.41) is 19.5. The Morgan fingerprint density at radius 2 is 2.23 bits per heavy atom. The molecule has 0 aliphatic carbocycles. The number of carbonyl (C=O) groups is 1. The van der Waals surface area contributed by atoms with Crippen LogP contribution in [0.3, 0.4) is 0 Å². The van der Waals surface area contributed by atoms with E-state index in [1.54, 1.807) is 0 Å². The third-order valence-corrected chi connectivity index (χ3v) is 2.44. The van der Waals surface area contributed by atoms with Crippen molar-refractivity contribution in [3.05, 3.63) is 40.0 Å². The maximum Gasteiger partial charge on any atom is 0.452 e.